The third-order valence-corrected chi connectivity index (χ3v) is 3.90. The first kappa shape index (κ1) is 15.3. The number of piperazine rings is 1. The quantitative estimate of drug-likeness (QED) is 0.582. The van der Waals surface area contributed by atoms with Crippen LogP contribution in [-0.2, 0) is 0 Å². The van der Waals surface area contributed by atoms with Crippen molar-refractivity contribution < 1.29 is 4.79 Å². The van der Waals surface area contributed by atoms with Gasteiger partial charge in [0.2, 0.25) is 0 Å². The summed E-state index contributed by atoms with van der Waals surface area (Å²) < 4.78 is 0. The number of benzene rings is 1. The van der Waals surface area contributed by atoms with Crippen molar-refractivity contribution >= 4 is 17.6 Å². The lowest BCUT2D eigenvalue weighted by atomic mass is 10.2. The number of anilines is 1. The second-order valence-electron chi connectivity index (χ2n) is 5.45. The molecular weight excluding hydrogens is 266 g/mol. The van der Waals surface area contributed by atoms with Crippen molar-refractivity contribution in [1.82, 2.24) is 9.80 Å². The minimum absolute atomic E-state index is 0.0627. The molecule has 1 aliphatic rings. The van der Waals surface area contributed by atoms with Crippen LogP contribution in [0.4, 0.5) is 10.5 Å². The zero-order valence-electron chi connectivity index (χ0n) is 12.6. The van der Waals surface area contributed by atoms with E-state index in [1.807, 2.05) is 38.1 Å². The normalized spacial score (nSPS) is 17.3. The van der Waals surface area contributed by atoms with Gasteiger partial charge in [-0.05, 0) is 26.0 Å². The molecule has 2 rings (SSSR count). The summed E-state index contributed by atoms with van der Waals surface area (Å²) in [4.78, 5) is 16.1. The lowest BCUT2D eigenvalue weighted by molar-refractivity contribution is 0.138. The van der Waals surface area contributed by atoms with Crippen molar-refractivity contribution in [3.05, 3.63) is 29.8 Å². The molecule has 1 unspecified atom stereocenters. The molecule has 6 heteroatoms. The van der Waals surface area contributed by atoms with E-state index in [1.165, 1.54) is 5.56 Å². The number of nitrogens with zero attached hydrogens (tertiary/aromatic N) is 2. The van der Waals surface area contributed by atoms with Crippen LogP contribution in [0, 0.1) is 12.3 Å². The van der Waals surface area contributed by atoms with Crippen LogP contribution in [0.1, 0.15) is 12.5 Å². The minimum Gasteiger partial charge on any atom is -0.386 e. The van der Waals surface area contributed by atoms with Gasteiger partial charge in [0.1, 0.15) is 5.84 Å². The SMILES string of the molecule is Cc1ccc(NC(=O)N2CCN(C(C)C(=N)N)CC2)cc1. The van der Waals surface area contributed by atoms with Gasteiger partial charge in [0, 0.05) is 31.9 Å². The van der Waals surface area contributed by atoms with Gasteiger partial charge in [0.05, 0.1) is 6.04 Å². The smallest absolute Gasteiger partial charge is 0.321 e. The van der Waals surface area contributed by atoms with Gasteiger partial charge in [-0.2, -0.15) is 0 Å². The van der Waals surface area contributed by atoms with Crippen LogP contribution < -0.4 is 11.1 Å². The minimum atomic E-state index is -0.0750. The molecule has 1 aliphatic heterocycles. The predicted octanol–water partition coefficient (Wildman–Crippen LogP) is 1.47. The van der Waals surface area contributed by atoms with Crippen molar-refractivity contribution in [3.8, 4) is 0 Å². The molecule has 21 heavy (non-hydrogen) atoms. The van der Waals surface area contributed by atoms with E-state index in [-0.39, 0.29) is 17.9 Å². The fraction of sp³-hybridized carbons (Fsp3) is 0.467. The Hall–Kier alpha value is -2.08. The molecule has 114 valence electrons. The number of nitrogens with one attached hydrogen (secondary N) is 2. The van der Waals surface area contributed by atoms with Crippen LogP contribution in [0.15, 0.2) is 24.3 Å². The van der Waals surface area contributed by atoms with E-state index < -0.39 is 0 Å². The van der Waals surface area contributed by atoms with E-state index in [2.05, 4.69) is 10.2 Å². The first-order valence-corrected chi connectivity index (χ1v) is 7.18. The highest BCUT2D eigenvalue weighted by molar-refractivity contribution is 5.89. The third-order valence-electron chi connectivity index (χ3n) is 3.90. The second-order valence-corrected chi connectivity index (χ2v) is 5.45. The van der Waals surface area contributed by atoms with Crippen molar-refractivity contribution in [2.75, 3.05) is 31.5 Å². The molecule has 1 atom stereocenters. The fourth-order valence-corrected chi connectivity index (χ4v) is 2.35. The van der Waals surface area contributed by atoms with Crippen LogP contribution >= 0.6 is 0 Å². The Balaban J connectivity index is 1.85. The number of nitrogens with two attached hydrogens (primary N) is 1. The highest BCUT2D eigenvalue weighted by atomic mass is 16.2. The number of aryl methyl sites for hydroxylation is 1. The van der Waals surface area contributed by atoms with Gasteiger partial charge < -0.3 is 16.0 Å². The Kier molecular flexibility index (Phi) is 4.80. The summed E-state index contributed by atoms with van der Waals surface area (Å²) in [5, 5.41) is 10.4. The van der Waals surface area contributed by atoms with Crippen LogP contribution in [0.5, 0.6) is 0 Å². The molecule has 6 nitrogen and oxygen atoms in total. The Morgan fingerprint density at radius 1 is 1.24 bits per heavy atom. The van der Waals surface area contributed by atoms with Gasteiger partial charge in [0.15, 0.2) is 0 Å². The number of hydrogen-bond donors (Lipinski definition) is 3. The van der Waals surface area contributed by atoms with Gasteiger partial charge >= 0.3 is 6.03 Å². The van der Waals surface area contributed by atoms with Gasteiger partial charge in [-0.3, -0.25) is 10.3 Å². The van der Waals surface area contributed by atoms with E-state index in [0.717, 1.165) is 18.8 Å². The van der Waals surface area contributed by atoms with E-state index in [9.17, 15) is 4.79 Å². The molecule has 0 aliphatic carbocycles. The Morgan fingerprint density at radius 3 is 2.33 bits per heavy atom. The summed E-state index contributed by atoms with van der Waals surface area (Å²) in [5.41, 5.74) is 7.50. The molecule has 1 aromatic carbocycles. The van der Waals surface area contributed by atoms with Crippen LogP contribution in [0.25, 0.3) is 0 Å². The molecule has 0 aromatic heterocycles. The maximum atomic E-state index is 12.2. The number of hydrogen-bond acceptors (Lipinski definition) is 3. The molecule has 2 amide bonds. The van der Waals surface area contributed by atoms with Gasteiger partial charge in [-0.15, -0.1) is 0 Å². The predicted molar refractivity (Wildman–Crippen MR) is 84.7 cm³/mol. The van der Waals surface area contributed by atoms with E-state index >= 15 is 0 Å². The first-order chi connectivity index (χ1) is 9.97. The number of amidine groups is 1. The molecule has 0 saturated carbocycles. The van der Waals surface area contributed by atoms with E-state index in [4.69, 9.17) is 11.1 Å². The van der Waals surface area contributed by atoms with Crippen LogP contribution in [0.3, 0.4) is 0 Å². The molecule has 1 aromatic rings. The summed E-state index contributed by atoms with van der Waals surface area (Å²) >= 11 is 0. The average Bonchev–Trinajstić information content (AvgIpc) is 2.49. The number of carbonyl (C=O) groups is 1. The highest BCUT2D eigenvalue weighted by Gasteiger charge is 2.25. The van der Waals surface area contributed by atoms with Crippen molar-refractivity contribution in [2.24, 2.45) is 5.73 Å². The van der Waals surface area contributed by atoms with E-state index in [1.54, 1.807) is 4.90 Å². The van der Waals surface area contributed by atoms with E-state index in [0.29, 0.717) is 13.1 Å². The Bertz CT molecular complexity index is 505. The maximum Gasteiger partial charge on any atom is 0.321 e. The number of amides is 2. The first-order valence-electron chi connectivity index (χ1n) is 7.18. The second kappa shape index (κ2) is 6.58. The fourth-order valence-electron chi connectivity index (χ4n) is 2.35. The molecule has 0 radical (unpaired) electrons. The summed E-state index contributed by atoms with van der Waals surface area (Å²) in [6.45, 7) is 6.71. The summed E-state index contributed by atoms with van der Waals surface area (Å²) in [7, 11) is 0. The van der Waals surface area contributed by atoms with Crippen molar-refractivity contribution in [3.63, 3.8) is 0 Å². The largest absolute Gasteiger partial charge is 0.386 e. The third kappa shape index (κ3) is 3.95. The number of rotatable bonds is 3. The maximum absolute atomic E-state index is 12.2. The molecule has 0 bridgehead atoms. The molecule has 1 fully saturated rings. The average molecular weight is 289 g/mol. The summed E-state index contributed by atoms with van der Waals surface area (Å²) in [5.74, 6) is 0.174. The molecular formula is C15H23N5O. The molecule has 0 spiro atoms. The summed E-state index contributed by atoms with van der Waals surface area (Å²) in [6, 6.07) is 7.62. The lowest BCUT2D eigenvalue weighted by Gasteiger charge is -2.37. The number of urea groups is 1. The standard InChI is InChI=1S/C15H23N5O/c1-11-3-5-13(6-4-11)18-15(21)20-9-7-19(8-10-20)12(2)14(16)17/h3-6,12H,7-10H2,1-2H3,(H3,16,17)(H,18,21). The monoisotopic (exact) mass is 289 g/mol. The van der Waals surface area contributed by atoms with Crippen LogP contribution in [0.2, 0.25) is 0 Å². The van der Waals surface area contributed by atoms with Crippen molar-refractivity contribution in [1.29, 1.82) is 5.41 Å². The topological polar surface area (TPSA) is 85.5 Å². The van der Waals surface area contributed by atoms with Crippen molar-refractivity contribution in [2.45, 2.75) is 19.9 Å². The Labute approximate surface area is 125 Å². The zero-order valence-corrected chi connectivity index (χ0v) is 12.6. The number of carbonyl (C=O) groups excluding carboxylic acids is 1. The van der Waals surface area contributed by atoms with Gasteiger partial charge in [0.25, 0.3) is 0 Å². The molecule has 4 N–H and O–H groups in total. The molecule has 1 saturated heterocycles. The molecule has 1 heterocycles. The van der Waals surface area contributed by atoms with Gasteiger partial charge in [-0.25, -0.2) is 4.79 Å². The summed E-state index contributed by atoms with van der Waals surface area (Å²) in [6.07, 6.45) is 0. The van der Waals surface area contributed by atoms with Gasteiger partial charge in [-0.1, -0.05) is 17.7 Å². The highest BCUT2D eigenvalue weighted by Crippen LogP contribution is 2.11. The zero-order chi connectivity index (χ0) is 15.4. The lowest BCUT2D eigenvalue weighted by Crippen LogP contribution is -2.54. The Morgan fingerprint density at radius 2 is 1.81 bits per heavy atom. The van der Waals surface area contributed by atoms with Crippen LogP contribution in [-0.4, -0.2) is 53.9 Å².